The number of pyridine rings is 1. The predicted molar refractivity (Wildman–Crippen MR) is 110 cm³/mol. The second-order valence-electron chi connectivity index (χ2n) is 6.61. The Bertz CT molecular complexity index is 1120. The molecule has 30 heavy (non-hydrogen) atoms. The first-order chi connectivity index (χ1) is 14.3. The van der Waals surface area contributed by atoms with Crippen LogP contribution < -0.4 is 10.1 Å². The molecule has 6 nitrogen and oxygen atoms in total. The van der Waals surface area contributed by atoms with E-state index in [1.54, 1.807) is 44.2 Å². The zero-order chi connectivity index (χ0) is 21.8. The van der Waals surface area contributed by atoms with Gasteiger partial charge < -0.3 is 15.2 Å². The van der Waals surface area contributed by atoms with Crippen LogP contribution in [0.1, 0.15) is 44.8 Å². The van der Waals surface area contributed by atoms with Crippen LogP contribution >= 0.6 is 11.6 Å². The van der Waals surface area contributed by atoms with Gasteiger partial charge in [0.05, 0.1) is 16.6 Å². The van der Waals surface area contributed by atoms with Gasteiger partial charge in [-0.2, -0.15) is 0 Å². The summed E-state index contributed by atoms with van der Waals surface area (Å²) in [5.41, 5.74) is 1.01. The van der Waals surface area contributed by atoms with E-state index in [4.69, 9.17) is 16.3 Å². The maximum atomic E-state index is 13.8. The number of hydrogen-bond donors (Lipinski definition) is 2. The van der Waals surface area contributed by atoms with Crippen molar-refractivity contribution in [3.8, 4) is 11.6 Å². The molecule has 1 amide bonds. The first-order valence-electron chi connectivity index (χ1n) is 8.99. The Morgan fingerprint density at radius 2 is 1.90 bits per heavy atom. The molecule has 0 unspecified atom stereocenters. The molecule has 0 aliphatic carbocycles. The highest BCUT2D eigenvalue weighted by molar-refractivity contribution is 6.30. The average Bonchev–Trinajstić information content (AvgIpc) is 2.71. The molecule has 0 aliphatic heterocycles. The van der Waals surface area contributed by atoms with E-state index in [-0.39, 0.29) is 27.8 Å². The molecule has 0 saturated heterocycles. The van der Waals surface area contributed by atoms with Gasteiger partial charge in [0.15, 0.2) is 0 Å². The van der Waals surface area contributed by atoms with Gasteiger partial charge in [-0.05, 0) is 43.2 Å². The van der Waals surface area contributed by atoms with E-state index in [0.29, 0.717) is 11.1 Å². The molecule has 154 valence electrons. The number of ether oxygens (including phenoxy) is 1. The van der Waals surface area contributed by atoms with E-state index in [1.165, 1.54) is 24.4 Å². The average molecular weight is 429 g/mol. The number of aromatic nitrogens is 1. The molecule has 1 atom stereocenters. The number of carboxylic acids is 1. The molecule has 1 aromatic heterocycles. The monoisotopic (exact) mass is 428 g/mol. The smallest absolute Gasteiger partial charge is 0.336 e. The highest BCUT2D eigenvalue weighted by atomic mass is 35.5. The van der Waals surface area contributed by atoms with E-state index < -0.39 is 23.7 Å². The predicted octanol–water partition coefficient (Wildman–Crippen LogP) is 5.16. The molecule has 3 aromatic rings. The lowest BCUT2D eigenvalue weighted by Crippen LogP contribution is -2.28. The van der Waals surface area contributed by atoms with Crippen LogP contribution in [0, 0.1) is 12.7 Å². The molecule has 2 aromatic carbocycles. The van der Waals surface area contributed by atoms with Crippen LogP contribution in [0.4, 0.5) is 4.39 Å². The largest absolute Gasteiger partial charge is 0.478 e. The van der Waals surface area contributed by atoms with Gasteiger partial charge in [0.2, 0.25) is 5.88 Å². The molecular weight excluding hydrogens is 411 g/mol. The zero-order valence-electron chi connectivity index (χ0n) is 16.1. The zero-order valence-corrected chi connectivity index (χ0v) is 16.9. The fourth-order valence-electron chi connectivity index (χ4n) is 2.84. The molecular formula is C22H18ClFN2O4. The summed E-state index contributed by atoms with van der Waals surface area (Å²) in [6.45, 7) is 3.28. The third kappa shape index (κ3) is 4.75. The van der Waals surface area contributed by atoms with Gasteiger partial charge in [-0.3, -0.25) is 4.79 Å². The Morgan fingerprint density at radius 1 is 1.17 bits per heavy atom. The third-order valence-electron chi connectivity index (χ3n) is 4.43. The maximum Gasteiger partial charge on any atom is 0.336 e. The number of nitrogens with zero attached hydrogens (tertiary/aromatic N) is 1. The summed E-state index contributed by atoms with van der Waals surface area (Å²) in [5.74, 6) is -2.00. The molecule has 0 aliphatic rings. The SMILES string of the molecule is Cc1ccc(Oc2ncc(Cl)cc2C(=O)N[C@@H](C)c2ccccc2C(=O)O)cc1F. The van der Waals surface area contributed by atoms with Gasteiger partial charge in [0.25, 0.3) is 5.91 Å². The van der Waals surface area contributed by atoms with Crippen LogP contribution in [0.15, 0.2) is 54.7 Å². The fraction of sp³-hybridized carbons (Fsp3) is 0.136. The number of rotatable bonds is 6. The Labute approximate surface area is 177 Å². The number of amides is 1. The molecule has 0 bridgehead atoms. The third-order valence-corrected chi connectivity index (χ3v) is 4.63. The molecule has 0 radical (unpaired) electrons. The van der Waals surface area contributed by atoms with Crippen molar-refractivity contribution in [1.29, 1.82) is 0 Å². The summed E-state index contributed by atoms with van der Waals surface area (Å²) in [7, 11) is 0. The summed E-state index contributed by atoms with van der Waals surface area (Å²) in [5, 5.41) is 12.3. The first-order valence-corrected chi connectivity index (χ1v) is 9.36. The van der Waals surface area contributed by atoms with Crippen molar-refractivity contribution in [2.75, 3.05) is 0 Å². The van der Waals surface area contributed by atoms with E-state index in [1.807, 2.05) is 0 Å². The van der Waals surface area contributed by atoms with Crippen molar-refractivity contribution < 1.29 is 23.8 Å². The first kappa shape index (κ1) is 21.3. The van der Waals surface area contributed by atoms with Crippen LogP contribution in [0.2, 0.25) is 5.02 Å². The second kappa shape index (κ2) is 8.92. The number of aromatic carboxylic acids is 1. The fourth-order valence-corrected chi connectivity index (χ4v) is 3.00. The van der Waals surface area contributed by atoms with Crippen molar-refractivity contribution >= 4 is 23.5 Å². The topological polar surface area (TPSA) is 88.5 Å². The lowest BCUT2D eigenvalue weighted by molar-refractivity contribution is 0.0693. The molecule has 8 heteroatoms. The lowest BCUT2D eigenvalue weighted by atomic mass is 10.0. The highest BCUT2D eigenvalue weighted by Crippen LogP contribution is 2.27. The minimum absolute atomic E-state index is 0.0307. The van der Waals surface area contributed by atoms with Crippen molar-refractivity contribution in [2.45, 2.75) is 19.9 Å². The summed E-state index contributed by atoms with van der Waals surface area (Å²) < 4.78 is 19.4. The maximum absolute atomic E-state index is 13.8. The van der Waals surface area contributed by atoms with E-state index >= 15 is 0 Å². The highest BCUT2D eigenvalue weighted by Gasteiger charge is 2.21. The van der Waals surface area contributed by atoms with Gasteiger partial charge in [-0.15, -0.1) is 0 Å². The van der Waals surface area contributed by atoms with Gasteiger partial charge >= 0.3 is 5.97 Å². The van der Waals surface area contributed by atoms with Crippen LogP contribution in [-0.4, -0.2) is 22.0 Å². The molecule has 1 heterocycles. The summed E-state index contributed by atoms with van der Waals surface area (Å²) >= 11 is 5.99. The number of nitrogens with one attached hydrogen (secondary N) is 1. The van der Waals surface area contributed by atoms with Crippen molar-refractivity contribution in [3.63, 3.8) is 0 Å². The van der Waals surface area contributed by atoms with E-state index in [9.17, 15) is 19.1 Å². The number of carbonyl (C=O) groups is 2. The van der Waals surface area contributed by atoms with Crippen molar-refractivity contribution in [1.82, 2.24) is 10.3 Å². The van der Waals surface area contributed by atoms with Crippen LogP contribution in [0.3, 0.4) is 0 Å². The quantitative estimate of drug-likeness (QED) is 0.565. The van der Waals surface area contributed by atoms with Gasteiger partial charge in [-0.25, -0.2) is 14.2 Å². The Hall–Kier alpha value is -3.45. The minimum atomic E-state index is -1.10. The Kier molecular flexibility index (Phi) is 6.32. The van der Waals surface area contributed by atoms with Crippen molar-refractivity contribution in [2.24, 2.45) is 0 Å². The number of benzene rings is 2. The molecule has 2 N–H and O–H groups in total. The normalized spacial score (nSPS) is 11.6. The van der Waals surface area contributed by atoms with Crippen molar-refractivity contribution in [3.05, 3.63) is 87.8 Å². The number of halogens is 2. The van der Waals surface area contributed by atoms with E-state index in [2.05, 4.69) is 10.3 Å². The molecule has 0 saturated carbocycles. The van der Waals surface area contributed by atoms with E-state index in [0.717, 1.165) is 0 Å². The number of carboxylic acid groups (broad SMARTS) is 1. The number of hydrogen-bond acceptors (Lipinski definition) is 4. The number of carbonyl (C=O) groups excluding carboxylic acids is 1. The Morgan fingerprint density at radius 3 is 2.60 bits per heavy atom. The van der Waals surface area contributed by atoms with Crippen LogP contribution in [0.5, 0.6) is 11.6 Å². The standard InChI is InChI=1S/C22H18ClFN2O4/c1-12-7-8-15(10-19(12)24)30-21-18(9-14(23)11-25-21)20(27)26-13(2)16-5-3-4-6-17(16)22(28)29/h3-11,13H,1-2H3,(H,26,27)(H,28,29)/t13-/m0/s1. The molecule has 3 rings (SSSR count). The number of aryl methyl sites for hydroxylation is 1. The minimum Gasteiger partial charge on any atom is -0.478 e. The second-order valence-corrected chi connectivity index (χ2v) is 7.04. The van der Waals surface area contributed by atoms with Crippen LogP contribution in [0.25, 0.3) is 0 Å². The summed E-state index contributed by atoms with van der Waals surface area (Å²) in [6, 6.07) is 11.4. The lowest BCUT2D eigenvalue weighted by Gasteiger charge is -2.17. The summed E-state index contributed by atoms with van der Waals surface area (Å²) in [4.78, 5) is 28.4. The summed E-state index contributed by atoms with van der Waals surface area (Å²) in [6.07, 6.45) is 1.31. The van der Waals surface area contributed by atoms with Gasteiger partial charge in [0.1, 0.15) is 17.1 Å². The van der Waals surface area contributed by atoms with Gasteiger partial charge in [0, 0.05) is 12.3 Å². The van der Waals surface area contributed by atoms with Crippen LogP contribution in [-0.2, 0) is 0 Å². The molecule has 0 spiro atoms. The van der Waals surface area contributed by atoms with Gasteiger partial charge in [-0.1, -0.05) is 35.9 Å². The molecule has 0 fully saturated rings. The Balaban J connectivity index is 1.88.